The van der Waals surface area contributed by atoms with Crippen molar-refractivity contribution in [1.29, 1.82) is 0 Å². The van der Waals surface area contributed by atoms with Crippen LogP contribution < -0.4 is 10.5 Å². The third kappa shape index (κ3) is 4.48. The Morgan fingerprint density at radius 1 is 1.29 bits per heavy atom. The average molecular weight is 377 g/mol. The van der Waals surface area contributed by atoms with Crippen molar-refractivity contribution in [1.82, 2.24) is 0 Å². The van der Waals surface area contributed by atoms with E-state index < -0.39 is 25.2 Å². The highest BCUT2D eigenvalue weighted by Gasteiger charge is 2.39. The van der Waals surface area contributed by atoms with Gasteiger partial charge in [-0.25, -0.2) is 0 Å². The second-order valence-corrected chi connectivity index (χ2v) is 5.13. The predicted molar refractivity (Wildman–Crippen MR) is 65.9 cm³/mol. The van der Waals surface area contributed by atoms with Gasteiger partial charge in [-0.3, -0.25) is 0 Å². The number of rotatable bonds is 4. The third-order valence-electron chi connectivity index (χ3n) is 2.08. The fraction of sp³-hybridized carbons (Fsp3) is 0.400. The van der Waals surface area contributed by atoms with Gasteiger partial charge in [-0.15, -0.1) is 0 Å². The number of benzene rings is 1. The molecule has 96 valence electrons. The van der Waals surface area contributed by atoms with Crippen LogP contribution in [-0.2, 0) is 0 Å². The molecule has 0 radical (unpaired) electrons. The number of ether oxygens (including phenoxy) is 1. The van der Waals surface area contributed by atoms with E-state index in [2.05, 4.69) is 31.9 Å². The standard InChI is InChI=1S/C10H10Br2F3NO/c11-7-1-2-9(8(12)3-7)17-5-6(4-16)10(13,14)15/h1-3,6H,4-5,16H2. The van der Waals surface area contributed by atoms with Crippen LogP contribution in [0.1, 0.15) is 0 Å². The number of hydrogen-bond acceptors (Lipinski definition) is 2. The van der Waals surface area contributed by atoms with E-state index in [4.69, 9.17) is 10.5 Å². The van der Waals surface area contributed by atoms with Gasteiger partial charge < -0.3 is 10.5 Å². The molecule has 0 aromatic heterocycles. The lowest BCUT2D eigenvalue weighted by molar-refractivity contribution is -0.178. The van der Waals surface area contributed by atoms with E-state index in [0.717, 1.165) is 4.47 Å². The van der Waals surface area contributed by atoms with Gasteiger partial charge in [0.1, 0.15) is 18.3 Å². The van der Waals surface area contributed by atoms with Crippen LogP contribution in [0.2, 0.25) is 0 Å². The molecule has 0 saturated heterocycles. The summed E-state index contributed by atoms with van der Waals surface area (Å²) in [4.78, 5) is 0. The Morgan fingerprint density at radius 2 is 1.94 bits per heavy atom. The number of hydrogen-bond donors (Lipinski definition) is 1. The summed E-state index contributed by atoms with van der Waals surface area (Å²) in [6.45, 7) is -0.974. The normalized spacial score (nSPS) is 13.5. The van der Waals surface area contributed by atoms with Crippen LogP contribution in [0.4, 0.5) is 13.2 Å². The molecule has 0 bridgehead atoms. The maximum absolute atomic E-state index is 12.4. The molecule has 0 heterocycles. The van der Waals surface area contributed by atoms with E-state index in [-0.39, 0.29) is 0 Å². The monoisotopic (exact) mass is 375 g/mol. The van der Waals surface area contributed by atoms with E-state index >= 15 is 0 Å². The lowest BCUT2D eigenvalue weighted by atomic mass is 10.1. The SMILES string of the molecule is NCC(COc1ccc(Br)cc1Br)C(F)(F)F. The molecule has 1 aromatic rings. The molecule has 0 saturated carbocycles. The molecule has 0 fully saturated rings. The van der Waals surface area contributed by atoms with Crippen LogP contribution in [0.15, 0.2) is 27.1 Å². The Balaban J connectivity index is 2.66. The first-order chi connectivity index (χ1) is 7.84. The third-order valence-corrected chi connectivity index (χ3v) is 3.19. The zero-order chi connectivity index (χ0) is 13.1. The molecule has 1 unspecified atom stereocenters. The van der Waals surface area contributed by atoms with Crippen molar-refractivity contribution in [3.05, 3.63) is 27.1 Å². The minimum atomic E-state index is -4.34. The number of nitrogens with two attached hydrogens (primary N) is 1. The molecule has 2 N–H and O–H groups in total. The molecule has 1 atom stereocenters. The fourth-order valence-electron chi connectivity index (χ4n) is 1.08. The molecule has 2 nitrogen and oxygen atoms in total. The Labute approximate surface area is 114 Å². The lowest BCUT2D eigenvalue weighted by Crippen LogP contribution is -2.35. The van der Waals surface area contributed by atoms with E-state index in [0.29, 0.717) is 10.2 Å². The van der Waals surface area contributed by atoms with Gasteiger partial charge in [0, 0.05) is 11.0 Å². The van der Waals surface area contributed by atoms with E-state index in [1.165, 1.54) is 0 Å². The highest BCUT2D eigenvalue weighted by atomic mass is 79.9. The zero-order valence-corrected chi connectivity index (χ0v) is 11.8. The van der Waals surface area contributed by atoms with Gasteiger partial charge in [-0.05, 0) is 34.1 Å². The molecule has 1 aromatic carbocycles. The van der Waals surface area contributed by atoms with Gasteiger partial charge in [-0.2, -0.15) is 13.2 Å². The van der Waals surface area contributed by atoms with Crippen LogP contribution in [0, 0.1) is 5.92 Å². The zero-order valence-electron chi connectivity index (χ0n) is 8.60. The van der Waals surface area contributed by atoms with Crippen LogP contribution >= 0.6 is 31.9 Å². The number of halogens is 5. The molecule has 17 heavy (non-hydrogen) atoms. The van der Waals surface area contributed by atoms with Gasteiger partial charge >= 0.3 is 6.18 Å². The van der Waals surface area contributed by atoms with Crippen molar-refractivity contribution in [2.45, 2.75) is 6.18 Å². The van der Waals surface area contributed by atoms with E-state index in [1.807, 2.05) is 0 Å². The van der Waals surface area contributed by atoms with Crippen LogP contribution in [0.5, 0.6) is 5.75 Å². The highest BCUT2D eigenvalue weighted by Crippen LogP contribution is 2.30. The second kappa shape index (κ2) is 6.06. The first-order valence-corrected chi connectivity index (χ1v) is 6.28. The lowest BCUT2D eigenvalue weighted by Gasteiger charge is -2.19. The van der Waals surface area contributed by atoms with Gasteiger partial charge in [0.25, 0.3) is 0 Å². The molecule has 0 aliphatic heterocycles. The van der Waals surface area contributed by atoms with Crippen molar-refractivity contribution >= 4 is 31.9 Å². The molecule has 1 rings (SSSR count). The van der Waals surface area contributed by atoms with Crippen LogP contribution in [0.3, 0.4) is 0 Å². The quantitative estimate of drug-likeness (QED) is 0.868. The minimum Gasteiger partial charge on any atom is -0.492 e. The van der Waals surface area contributed by atoms with Crippen LogP contribution in [0.25, 0.3) is 0 Å². The van der Waals surface area contributed by atoms with Gasteiger partial charge in [0.2, 0.25) is 0 Å². The van der Waals surface area contributed by atoms with Gasteiger partial charge in [-0.1, -0.05) is 15.9 Å². The van der Waals surface area contributed by atoms with E-state index in [1.54, 1.807) is 18.2 Å². The molecule has 0 aliphatic rings. The highest BCUT2D eigenvalue weighted by molar-refractivity contribution is 9.11. The molecule has 0 amide bonds. The number of alkyl halides is 3. The maximum atomic E-state index is 12.4. The summed E-state index contributed by atoms with van der Waals surface area (Å²) in [6.07, 6.45) is -4.34. The minimum absolute atomic E-state index is 0.357. The fourth-order valence-corrected chi connectivity index (χ4v) is 2.24. The maximum Gasteiger partial charge on any atom is 0.396 e. The summed E-state index contributed by atoms with van der Waals surface area (Å²) in [7, 11) is 0. The largest absolute Gasteiger partial charge is 0.492 e. The second-order valence-electron chi connectivity index (χ2n) is 3.36. The summed E-state index contributed by atoms with van der Waals surface area (Å²) in [5, 5.41) is 0. The Kier molecular flexibility index (Phi) is 5.27. The summed E-state index contributed by atoms with van der Waals surface area (Å²) in [5.41, 5.74) is 5.07. The summed E-state index contributed by atoms with van der Waals surface area (Å²) >= 11 is 6.44. The predicted octanol–water partition coefficient (Wildman–Crippen LogP) is 3.73. The molecular formula is C10H10Br2F3NO. The molecule has 7 heteroatoms. The smallest absolute Gasteiger partial charge is 0.396 e. The van der Waals surface area contributed by atoms with Crippen LogP contribution in [-0.4, -0.2) is 19.3 Å². The topological polar surface area (TPSA) is 35.2 Å². The molecule has 0 aliphatic carbocycles. The first kappa shape index (κ1) is 14.8. The van der Waals surface area contributed by atoms with E-state index in [9.17, 15) is 13.2 Å². The molecular weight excluding hydrogens is 367 g/mol. The molecule has 0 spiro atoms. The summed E-state index contributed by atoms with van der Waals surface area (Å²) < 4.78 is 43.7. The van der Waals surface area contributed by atoms with Gasteiger partial charge in [0.05, 0.1) is 4.47 Å². The van der Waals surface area contributed by atoms with Crippen molar-refractivity contribution in [3.63, 3.8) is 0 Å². The Morgan fingerprint density at radius 3 is 2.41 bits per heavy atom. The first-order valence-electron chi connectivity index (χ1n) is 4.69. The van der Waals surface area contributed by atoms with Crippen molar-refractivity contribution in [3.8, 4) is 5.75 Å². The Bertz CT molecular complexity index is 384. The van der Waals surface area contributed by atoms with Crippen molar-refractivity contribution in [2.24, 2.45) is 11.7 Å². The summed E-state index contributed by atoms with van der Waals surface area (Å²) in [5.74, 6) is -1.30. The van der Waals surface area contributed by atoms with Crippen molar-refractivity contribution in [2.75, 3.05) is 13.2 Å². The summed E-state index contributed by atoms with van der Waals surface area (Å²) in [6, 6.07) is 4.96. The van der Waals surface area contributed by atoms with Crippen molar-refractivity contribution < 1.29 is 17.9 Å². The van der Waals surface area contributed by atoms with Gasteiger partial charge in [0.15, 0.2) is 0 Å². The Hall–Kier alpha value is -0.270. The average Bonchev–Trinajstić information content (AvgIpc) is 2.19.